The Labute approximate surface area is 79.1 Å². The van der Waals surface area contributed by atoms with Crippen molar-refractivity contribution < 1.29 is 5.11 Å². The van der Waals surface area contributed by atoms with E-state index in [1.807, 2.05) is 4.98 Å². The SMILES string of the molecule is CC(O)Cn1cc(C#N)c(=O)[nH]c1=O. The summed E-state index contributed by atoms with van der Waals surface area (Å²) in [4.78, 5) is 24.1. The van der Waals surface area contributed by atoms with Gasteiger partial charge in [-0.15, -0.1) is 0 Å². The number of hydrogen-bond acceptors (Lipinski definition) is 4. The number of aromatic nitrogens is 2. The second-order valence-electron chi connectivity index (χ2n) is 2.92. The van der Waals surface area contributed by atoms with Crippen molar-refractivity contribution in [3.8, 4) is 6.07 Å². The van der Waals surface area contributed by atoms with E-state index in [0.717, 1.165) is 10.8 Å². The van der Waals surface area contributed by atoms with Crippen molar-refractivity contribution in [2.24, 2.45) is 0 Å². The molecule has 0 aliphatic carbocycles. The quantitative estimate of drug-likeness (QED) is 0.618. The molecule has 0 saturated carbocycles. The van der Waals surface area contributed by atoms with Gasteiger partial charge in [0.1, 0.15) is 11.6 Å². The third-order valence-corrected chi connectivity index (χ3v) is 1.59. The molecule has 2 N–H and O–H groups in total. The van der Waals surface area contributed by atoms with Crippen LogP contribution in [0.4, 0.5) is 0 Å². The molecular weight excluding hydrogens is 186 g/mol. The number of aromatic amines is 1. The van der Waals surface area contributed by atoms with E-state index in [1.165, 1.54) is 6.92 Å². The molecule has 14 heavy (non-hydrogen) atoms. The maximum atomic E-state index is 11.1. The van der Waals surface area contributed by atoms with E-state index in [4.69, 9.17) is 10.4 Å². The van der Waals surface area contributed by atoms with E-state index < -0.39 is 17.4 Å². The van der Waals surface area contributed by atoms with Gasteiger partial charge in [0.25, 0.3) is 5.56 Å². The molecular formula is C8H9N3O3. The van der Waals surface area contributed by atoms with Crippen molar-refractivity contribution in [3.05, 3.63) is 32.6 Å². The first-order valence-corrected chi connectivity index (χ1v) is 3.96. The van der Waals surface area contributed by atoms with Gasteiger partial charge in [0.2, 0.25) is 0 Å². The van der Waals surface area contributed by atoms with Crippen LogP contribution >= 0.6 is 0 Å². The normalized spacial score (nSPS) is 12.1. The summed E-state index contributed by atoms with van der Waals surface area (Å²) in [6.45, 7) is 1.55. The first kappa shape index (κ1) is 10.2. The molecule has 0 saturated heterocycles. The highest BCUT2D eigenvalue weighted by molar-refractivity contribution is 5.21. The fraction of sp³-hybridized carbons (Fsp3) is 0.375. The van der Waals surface area contributed by atoms with Crippen molar-refractivity contribution in [2.45, 2.75) is 19.6 Å². The summed E-state index contributed by atoms with van der Waals surface area (Å²) >= 11 is 0. The molecule has 0 aliphatic heterocycles. The molecule has 1 rings (SSSR count). The van der Waals surface area contributed by atoms with E-state index >= 15 is 0 Å². The van der Waals surface area contributed by atoms with E-state index in [0.29, 0.717) is 0 Å². The highest BCUT2D eigenvalue weighted by atomic mass is 16.3. The Kier molecular flexibility index (Phi) is 2.84. The molecule has 0 amide bonds. The molecule has 1 heterocycles. The van der Waals surface area contributed by atoms with Gasteiger partial charge in [0.05, 0.1) is 12.6 Å². The summed E-state index contributed by atoms with van der Waals surface area (Å²) < 4.78 is 1.09. The molecule has 0 fully saturated rings. The van der Waals surface area contributed by atoms with Crippen molar-refractivity contribution in [1.29, 1.82) is 5.26 Å². The van der Waals surface area contributed by atoms with E-state index in [2.05, 4.69) is 0 Å². The van der Waals surface area contributed by atoms with E-state index in [9.17, 15) is 9.59 Å². The first-order chi connectivity index (χ1) is 6.54. The van der Waals surface area contributed by atoms with Crippen LogP contribution in [0.3, 0.4) is 0 Å². The summed E-state index contributed by atoms with van der Waals surface area (Å²) in [5.74, 6) is 0. The Morgan fingerprint density at radius 3 is 2.86 bits per heavy atom. The molecule has 6 heteroatoms. The van der Waals surface area contributed by atoms with Crippen LogP contribution in [0.25, 0.3) is 0 Å². The van der Waals surface area contributed by atoms with Gasteiger partial charge in [-0.25, -0.2) is 4.79 Å². The Balaban J connectivity index is 3.27. The van der Waals surface area contributed by atoms with Crippen LogP contribution in [0.15, 0.2) is 15.8 Å². The zero-order valence-electron chi connectivity index (χ0n) is 7.52. The zero-order chi connectivity index (χ0) is 10.7. The third kappa shape index (κ3) is 2.08. The van der Waals surface area contributed by atoms with Crippen LogP contribution < -0.4 is 11.2 Å². The lowest BCUT2D eigenvalue weighted by atomic mass is 10.3. The van der Waals surface area contributed by atoms with Gasteiger partial charge in [-0.1, -0.05) is 0 Å². The molecule has 1 unspecified atom stereocenters. The number of nitriles is 1. The topological polar surface area (TPSA) is 98.9 Å². The number of hydrogen-bond donors (Lipinski definition) is 2. The minimum atomic E-state index is -0.717. The number of nitrogens with one attached hydrogen (secondary N) is 1. The molecule has 0 bridgehead atoms. The Hall–Kier alpha value is -1.87. The van der Waals surface area contributed by atoms with Crippen molar-refractivity contribution in [1.82, 2.24) is 9.55 Å². The lowest BCUT2D eigenvalue weighted by molar-refractivity contribution is 0.171. The maximum Gasteiger partial charge on any atom is 0.328 e. The first-order valence-electron chi connectivity index (χ1n) is 3.96. The maximum absolute atomic E-state index is 11.1. The number of aliphatic hydroxyl groups excluding tert-OH is 1. The average Bonchev–Trinajstić information content (AvgIpc) is 2.09. The number of nitrogens with zero attached hydrogens (tertiary/aromatic N) is 2. The summed E-state index contributed by atoms with van der Waals surface area (Å²) in [6, 6.07) is 1.65. The van der Waals surface area contributed by atoms with E-state index in [-0.39, 0.29) is 12.1 Å². The minimum absolute atomic E-state index is 0.0459. The fourth-order valence-electron chi connectivity index (χ4n) is 1.01. The van der Waals surface area contributed by atoms with Gasteiger partial charge in [-0.05, 0) is 6.92 Å². The molecule has 0 radical (unpaired) electrons. The van der Waals surface area contributed by atoms with Crippen molar-refractivity contribution in [2.75, 3.05) is 0 Å². The molecule has 74 valence electrons. The standard InChI is InChI=1S/C8H9N3O3/c1-5(12)3-11-4-6(2-9)7(13)10-8(11)14/h4-5,12H,3H2,1H3,(H,10,13,14). The lowest BCUT2D eigenvalue weighted by Crippen LogP contribution is -2.33. The molecule has 0 spiro atoms. The Bertz CT molecular complexity index is 478. The highest BCUT2D eigenvalue weighted by Gasteiger charge is 2.05. The van der Waals surface area contributed by atoms with Crippen molar-refractivity contribution in [3.63, 3.8) is 0 Å². The van der Waals surface area contributed by atoms with Gasteiger partial charge in [0.15, 0.2) is 0 Å². The molecule has 1 atom stereocenters. The molecule has 0 aliphatic rings. The Morgan fingerprint density at radius 2 is 2.36 bits per heavy atom. The zero-order valence-corrected chi connectivity index (χ0v) is 7.52. The summed E-state index contributed by atoms with van der Waals surface area (Å²) in [7, 11) is 0. The fourth-order valence-corrected chi connectivity index (χ4v) is 1.01. The van der Waals surface area contributed by atoms with Gasteiger partial charge in [-0.2, -0.15) is 5.26 Å². The third-order valence-electron chi connectivity index (χ3n) is 1.59. The van der Waals surface area contributed by atoms with Gasteiger partial charge in [-0.3, -0.25) is 14.3 Å². The number of aliphatic hydroxyl groups is 1. The minimum Gasteiger partial charge on any atom is -0.392 e. The smallest absolute Gasteiger partial charge is 0.328 e. The Morgan fingerprint density at radius 1 is 1.71 bits per heavy atom. The lowest BCUT2D eigenvalue weighted by Gasteiger charge is -2.06. The van der Waals surface area contributed by atoms with Crippen LogP contribution in [0.1, 0.15) is 12.5 Å². The van der Waals surface area contributed by atoms with Crippen LogP contribution in [0.2, 0.25) is 0 Å². The molecule has 1 aromatic heterocycles. The van der Waals surface area contributed by atoms with Crippen LogP contribution in [-0.4, -0.2) is 20.8 Å². The summed E-state index contributed by atoms with van der Waals surface area (Å²) in [6.07, 6.45) is 0.415. The number of H-pyrrole nitrogens is 1. The highest BCUT2D eigenvalue weighted by Crippen LogP contribution is 1.88. The van der Waals surface area contributed by atoms with E-state index in [1.54, 1.807) is 6.07 Å². The second-order valence-corrected chi connectivity index (χ2v) is 2.92. The monoisotopic (exact) mass is 195 g/mol. The second kappa shape index (κ2) is 3.89. The van der Waals surface area contributed by atoms with Gasteiger partial charge < -0.3 is 5.11 Å². The van der Waals surface area contributed by atoms with Crippen LogP contribution in [-0.2, 0) is 6.54 Å². The summed E-state index contributed by atoms with van der Waals surface area (Å²) in [5, 5.41) is 17.5. The van der Waals surface area contributed by atoms with Crippen LogP contribution in [0, 0.1) is 11.3 Å². The van der Waals surface area contributed by atoms with Crippen LogP contribution in [0.5, 0.6) is 0 Å². The number of rotatable bonds is 2. The van der Waals surface area contributed by atoms with Gasteiger partial charge >= 0.3 is 5.69 Å². The summed E-state index contributed by atoms with van der Waals surface area (Å²) in [5.41, 5.74) is -1.49. The van der Waals surface area contributed by atoms with Gasteiger partial charge in [0, 0.05) is 6.20 Å². The molecule has 1 aromatic rings. The molecule has 0 aromatic carbocycles. The largest absolute Gasteiger partial charge is 0.392 e. The van der Waals surface area contributed by atoms with Crippen molar-refractivity contribution >= 4 is 0 Å². The predicted octanol–water partition coefficient (Wildman–Crippen LogP) is -1.21. The average molecular weight is 195 g/mol. The predicted molar refractivity (Wildman–Crippen MR) is 47.7 cm³/mol. The molecule has 6 nitrogen and oxygen atoms in total.